The van der Waals surface area contributed by atoms with Crippen LogP contribution in [0.3, 0.4) is 0 Å². The van der Waals surface area contributed by atoms with E-state index in [-0.39, 0.29) is 0 Å². The molecule has 1 heterocycles. The summed E-state index contributed by atoms with van der Waals surface area (Å²) in [4.78, 5) is 2.66. The van der Waals surface area contributed by atoms with Crippen LogP contribution in [0.1, 0.15) is 55.3 Å². The Morgan fingerprint density at radius 3 is 2.57 bits per heavy atom. The topological polar surface area (TPSA) is 15.3 Å². The van der Waals surface area contributed by atoms with Gasteiger partial charge in [0.1, 0.15) is 0 Å². The predicted molar refractivity (Wildman–Crippen MR) is 91.8 cm³/mol. The van der Waals surface area contributed by atoms with Crippen molar-refractivity contribution < 1.29 is 0 Å². The molecule has 1 aliphatic rings. The lowest BCUT2D eigenvalue weighted by molar-refractivity contribution is 0.299. The lowest BCUT2D eigenvalue weighted by Crippen LogP contribution is -2.27. The highest BCUT2D eigenvalue weighted by molar-refractivity contribution is 5.30. The Morgan fingerprint density at radius 1 is 1.24 bits per heavy atom. The van der Waals surface area contributed by atoms with Crippen LogP contribution in [0.2, 0.25) is 0 Å². The minimum atomic E-state index is 0.480. The van der Waals surface area contributed by atoms with Gasteiger partial charge in [-0.25, -0.2) is 0 Å². The lowest BCUT2D eigenvalue weighted by atomic mass is 9.99. The van der Waals surface area contributed by atoms with E-state index in [1.165, 1.54) is 62.0 Å². The fourth-order valence-corrected chi connectivity index (χ4v) is 3.76. The third kappa shape index (κ3) is 4.82. The van der Waals surface area contributed by atoms with E-state index in [1.54, 1.807) is 0 Å². The van der Waals surface area contributed by atoms with E-state index in [1.807, 2.05) is 0 Å². The average Bonchev–Trinajstić information content (AvgIpc) is 2.86. The van der Waals surface area contributed by atoms with Crippen molar-refractivity contribution in [2.45, 2.75) is 52.5 Å². The molecule has 1 fully saturated rings. The standard InChI is InChI=1S/C19H32N2/c1-5-6-17-7-9-21(14-17)10-8-19(20-4)18-12-15(2)11-16(3)13-18/h11-13,17,19-20H,5-10,14H2,1-4H3. The summed E-state index contributed by atoms with van der Waals surface area (Å²) >= 11 is 0. The summed E-state index contributed by atoms with van der Waals surface area (Å²) in [5.41, 5.74) is 4.18. The first kappa shape index (κ1) is 16.5. The molecule has 1 aromatic rings. The van der Waals surface area contributed by atoms with Crippen molar-refractivity contribution in [3.63, 3.8) is 0 Å². The molecule has 2 rings (SSSR count). The molecule has 1 aromatic carbocycles. The third-order valence-corrected chi connectivity index (χ3v) is 4.80. The zero-order valence-electron chi connectivity index (χ0n) is 14.3. The second kappa shape index (κ2) is 7.95. The maximum atomic E-state index is 3.51. The lowest BCUT2D eigenvalue weighted by Gasteiger charge is -2.22. The van der Waals surface area contributed by atoms with Gasteiger partial charge in [-0.05, 0) is 64.7 Å². The first-order valence-electron chi connectivity index (χ1n) is 8.60. The molecule has 0 aromatic heterocycles. The van der Waals surface area contributed by atoms with Crippen molar-refractivity contribution in [2.75, 3.05) is 26.7 Å². The fraction of sp³-hybridized carbons (Fsp3) is 0.684. The molecule has 2 nitrogen and oxygen atoms in total. The van der Waals surface area contributed by atoms with Gasteiger partial charge < -0.3 is 10.2 Å². The van der Waals surface area contributed by atoms with Crippen LogP contribution in [0, 0.1) is 19.8 Å². The molecule has 0 amide bonds. The van der Waals surface area contributed by atoms with Crippen LogP contribution in [0.25, 0.3) is 0 Å². The average molecular weight is 288 g/mol. The molecule has 118 valence electrons. The Morgan fingerprint density at radius 2 is 1.95 bits per heavy atom. The quantitative estimate of drug-likeness (QED) is 0.813. The van der Waals surface area contributed by atoms with E-state index in [0.29, 0.717) is 6.04 Å². The van der Waals surface area contributed by atoms with Crippen molar-refractivity contribution in [2.24, 2.45) is 5.92 Å². The minimum absolute atomic E-state index is 0.480. The van der Waals surface area contributed by atoms with Gasteiger partial charge in [0.15, 0.2) is 0 Å². The summed E-state index contributed by atoms with van der Waals surface area (Å²) in [5.74, 6) is 0.948. The molecule has 21 heavy (non-hydrogen) atoms. The molecule has 0 aliphatic carbocycles. The summed E-state index contributed by atoms with van der Waals surface area (Å²) in [7, 11) is 2.09. The van der Waals surface area contributed by atoms with Crippen LogP contribution in [0.15, 0.2) is 18.2 Å². The largest absolute Gasteiger partial charge is 0.313 e. The van der Waals surface area contributed by atoms with Crippen LogP contribution in [0.5, 0.6) is 0 Å². The van der Waals surface area contributed by atoms with Gasteiger partial charge in [0.25, 0.3) is 0 Å². The monoisotopic (exact) mass is 288 g/mol. The maximum Gasteiger partial charge on any atom is 0.0329 e. The third-order valence-electron chi connectivity index (χ3n) is 4.80. The zero-order valence-corrected chi connectivity index (χ0v) is 14.3. The number of hydrogen-bond acceptors (Lipinski definition) is 2. The normalized spacial score (nSPS) is 20.9. The SMILES string of the molecule is CCCC1CCN(CCC(NC)c2cc(C)cc(C)c2)C1. The van der Waals surface area contributed by atoms with Crippen molar-refractivity contribution in [1.82, 2.24) is 10.2 Å². The predicted octanol–water partition coefficient (Wildman–Crippen LogP) is 4.08. The number of hydrogen-bond donors (Lipinski definition) is 1. The molecule has 2 unspecified atom stereocenters. The van der Waals surface area contributed by atoms with Gasteiger partial charge in [-0.2, -0.15) is 0 Å². The number of nitrogens with zero attached hydrogens (tertiary/aromatic N) is 1. The van der Waals surface area contributed by atoms with Gasteiger partial charge in [0.2, 0.25) is 0 Å². The maximum absolute atomic E-state index is 3.51. The van der Waals surface area contributed by atoms with Crippen molar-refractivity contribution in [3.05, 3.63) is 34.9 Å². The molecule has 1 N–H and O–H groups in total. The molecule has 1 aliphatic heterocycles. The number of aryl methyl sites for hydroxylation is 2. The van der Waals surface area contributed by atoms with Gasteiger partial charge in [-0.3, -0.25) is 0 Å². The highest BCUT2D eigenvalue weighted by atomic mass is 15.1. The second-order valence-electron chi connectivity index (χ2n) is 6.79. The summed E-state index contributed by atoms with van der Waals surface area (Å²) in [6.45, 7) is 10.5. The Labute approximate surface area is 130 Å². The van der Waals surface area contributed by atoms with E-state index >= 15 is 0 Å². The number of likely N-dealkylation sites (tertiary alicyclic amines) is 1. The van der Waals surface area contributed by atoms with E-state index in [9.17, 15) is 0 Å². The van der Waals surface area contributed by atoms with Gasteiger partial charge in [-0.15, -0.1) is 0 Å². The van der Waals surface area contributed by atoms with E-state index in [0.717, 1.165) is 5.92 Å². The molecular weight excluding hydrogens is 256 g/mol. The summed E-state index contributed by atoms with van der Waals surface area (Å²) < 4.78 is 0. The highest BCUT2D eigenvalue weighted by Crippen LogP contribution is 2.24. The van der Waals surface area contributed by atoms with Crippen molar-refractivity contribution in [3.8, 4) is 0 Å². The van der Waals surface area contributed by atoms with E-state index in [4.69, 9.17) is 0 Å². The Balaban J connectivity index is 1.88. The fourth-order valence-electron chi connectivity index (χ4n) is 3.76. The van der Waals surface area contributed by atoms with E-state index < -0.39 is 0 Å². The van der Waals surface area contributed by atoms with Gasteiger partial charge >= 0.3 is 0 Å². The smallest absolute Gasteiger partial charge is 0.0329 e. The summed E-state index contributed by atoms with van der Waals surface area (Å²) in [6.07, 6.45) is 5.35. The summed E-state index contributed by atoms with van der Waals surface area (Å²) in [6, 6.07) is 7.40. The van der Waals surface area contributed by atoms with Gasteiger partial charge in [-0.1, -0.05) is 42.7 Å². The van der Waals surface area contributed by atoms with Gasteiger partial charge in [0.05, 0.1) is 0 Å². The molecule has 2 heteroatoms. The molecule has 2 atom stereocenters. The van der Waals surface area contributed by atoms with Crippen LogP contribution in [-0.2, 0) is 0 Å². The highest BCUT2D eigenvalue weighted by Gasteiger charge is 2.22. The molecule has 0 bridgehead atoms. The van der Waals surface area contributed by atoms with E-state index in [2.05, 4.69) is 56.2 Å². The number of nitrogens with one attached hydrogen (secondary N) is 1. The molecular formula is C19H32N2. The summed E-state index contributed by atoms with van der Waals surface area (Å²) in [5, 5.41) is 3.51. The number of benzene rings is 1. The first-order chi connectivity index (χ1) is 10.1. The Bertz CT molecular complexity index is 421. The Kier molecular flexibility index (Phi) is 6.25. The van der Waals surface area contributed by atoms with Crippen LogP contribution >= 0.6 is 0 Å². The van der Waals surface area contributed by atoms with Crippen molar-refractivity contribution in [1.29, 1.82) is 0 Å². The minimum Gasteiger partial charge on any atom is -0.313 e. The molecule has 1 saturated heterocycles. The first-order valence-corrected chi connectivity index (χ1v) is 8.60. The molecule has 0 radical (unpaired) electrons. The number of rotatable bonds is 7. The van der Waals surface area contributed by atoms with Crippen LogP contribution in [-0.4, -0.2) is 31.6 Å². The van der Waals surface area contributed by atoms with Gasteiger partial charge in [0, 0.05) is 12.6 Å². The van der Waals surface area contributed by atoms with Crippen LogP contribution in [0.4, 0.5) is 0 Å². The molecule has 0 spiro atoms. The van der Waals surface area contributed by atoms with Crippen molar-refractivity contribution >= 4 is 0 Å². The van der Waals surface area contributed by atoms with Crippen LogP contribution < -0.4 is 5.32 Å². The Hall–Kier alpha value is -0.860. The molecule has 0 saturated carbocycles. The zero-order chi connectivity index (χ0) is 15.2. The second-order valence-corrected chi connectivity index (χ2v) is 6.79.